The summed E-state index contributed by atoms with van der Waals surface area (Å²) in [5.74, 6) is 1.10. The average molecular weight is 407 g/mol. The number of nitrogens with zero attached hydrogens (tertiary/aromatic N) is 4. The predicted octanol–water partition coefficient (Wildman–Crippen LogP) is 2.38. The SMILES string of the molecule is CCCN(CCc1ccc(Cl)cc1)C1CCN(c2n[nH]c(N)n2)CC1.O=C=O. The topological polar surface area (TPSA) is 108 Å². The van der Waals surface area contributed by atoms with Crippen LogP contribution in [0.1, 0.15) is 31.7 Å². The van der Waals surface area contributed by atoms with Gasteiger partial charge in [0.1, 0.15) is 0 Å². The van der Waals surface area contributed by atoms with E-state index in [1.807, 2.05) is 12.1 Å². The number of nitrogens with one attached hydrogen (secondary N) is 1. The van der Waals surface area contributed by atoms with Gasteiger partial charge in [-0.2, -0.15) is 14.6 Å². The third-order valence-corrected chi connectivity index (χ3v) is 5.12. The molecule has 0 amide bonds. The summed E-state index contributed by atoms with van der Waals surface area (Å²) in [6.45, 7) is 6.44. The Balaban J connectivity index is 0.000000878. The van der Waals surface area contributed by atoms with Crippen molar-refractivity contribution in [1.82, 2.24) is 20.1 Å². The predicted molar refractivity (Wildman–Crippen MR) is 108 cm³/mol. The second kappa shape index (κ2) is 11.4. The first-order valence-corrected chi connectivity index (χ1v) is 9.85. The van der Waals surface area contributed by atoms with E-state index in [1.54, 1.807) is 0 Å². The van der Waals surface area contributed by atoms with Crippen LogP contribution in [0.2, 0.25) is 5.02 Å². The second-order valence-electron chi connectivity index (χ2n) is 6.73. The highest BCUT2D eigenvalue weighted by Crippen LogP contribution is 2.21. The van der Waals surface area contributed by atoms with Crippen LogP contribution in [0.4, 0.5) is 11.9 Å². The lowest BCUT2D eigenvalue weighted by Crippen LogP contribution is -2.46. The summed E-state index contributed by atoms with van der Waals surface area (Å²) in [7, 11) is 0. The molecular weight excluding hydrogens is 380 g/mol. The van der Waals surface area contributed by atoms with Gasteiger partial charge in [-0.05, 0) is 49.9 Å². The van der Waals surface area contributed by atoms with Crippen molar-refractivity contribution >= 4 is 29.6 Å². The molecule has 1 saturated heterocycles. The summed E-state index contributed by atoms with van der Waals surface area (Å²) in [5, 5.41) is 7.69. The van der Waals surface area contributed by atoms with E-state index in [1.165, 1.54) is 12.0 Å². The van der Waals surface area contributed by atoms with Crippen molar-refractivity contribution < 1.29 is 9.59 Å². The van der Waals surface area contributed by atoms with E-state index in [-0.39, 0.29) is 6.15 Å². The zero-order valence-corrected chi connectivity index (χ0v) is 16.9. The van der Waals surface area contributed by atoms with Gasteiger partial charge < -0.3 is 10.6 Å². The van der Waals surface area contributed by atoms with Crippen LogP contribution in [-0.2, 0) is 16.0 Å². The largest absolute Gasteiger partial charge is 0.373 e. The molecule has 0 spiro atoms. The molecule has 0 radical (unpaired) electrons. The molecule has 1 aliphatic heterocycles. The van der Waals surface area contributed by atoms with Gasteiger partial charge in [-0.15, -0.1) is 5.10 Å². The number of piperidine rings is 1. The zero-order chi connectivity index (χ0) is 20.4. The summed E-state index contributed by atoms with van der Waals surface area (Å²) in [6.07, 6.45) is 4.76. The number of carbonyl (C=O) groups excluding carboxylic acids is 2. The van der Waals surface area contributed by atoms with E-state index in [0.29, 0.717) is 12.0 Å². The summed E-state index contributed by atoms with van der Waals surface area (Å²) < 4.78 is 0. The highest BCUT2D eigenvalue weighted by atomic mass is 35.5. The number of anilines is 2. The number of rotatable bonds is 7. The minimum atomic E-state index is 0.250. The Hall–Kier alpha value is -2.41. The Labute approximate surface area is 170 Å². The Morgan fingerprint density at radius 1 is 1.25 bits per heavy atom. The Kier molecular flexibility index (Phi) is 8.94. The number of aromatic nitrogens is 3. The van der Waals surface area contributed by atoms with Crippen LogP contribution in [0.5, 0.6) is 0 Å². The maximum atomic E-state index is 8.12. The van der Waals surface area contributed by atoms with Gasteiger partial charge in [-0.25, -0.2) is 5.10 Å². The first kappa shape index (κ1) is 21.9. The number of aromatic amines is 1. The number of nitrogen functional groups attached to an aromatic ring is 1. The molecule has 0 aliphatic carbocycles. The molecule has 3 N–H and O–H groups in total. The Morgan fingerprint density at radius 2 is 1.89 bits per heavy atom. The van der Waals surface area contributed by atoms with E-state index in [2.05, 4.69) is 44.0 Å². The van der Waals surface area contributed by atoms with Crippen molar-refractivity contribution in [3.8, 4) is 0 Å². The van der Waals surface area contributed by atoms with Gasteiger partial charge in [0.2, 0.25) is 11.9 Å². The highest BCUT2D eigenvalue weighted by Gasteiger charge is 2.25. The van der Waals surface area contributed by atoms with Crippen LogP contribution in [0.3, 0.4) is 0 Å². The lowest BCUT2D eigenvalue weighted by atomic mass is 10.0. The van der Waals surface area contributed by atoms with E-state index in [4.69, 9.17) is 26.9 Å². The van der Waals surface area contributed by atoms with Gasteiger partial charge in [0.15, 0.2) is 0 Å². The number of halogens is 1. The molecule has 3 rings (SSSR count). The molecule has 0 atom stereocenters. The molecule has 1 aromatic carbocycles. The first-order valence-electron chi connectivity index (χ1n) is 9.48. The van der Waals surface area contributed by atoms with Crippen molar-refractivity contribution in [2.45, 2.75) is 38.6 Å². The molecule has 8 nitrogen and oxygen atoms in total. The average Bonchev–Trinajstić information content (AvgIpc) is 3.14. The van der Waals surface area contributed by atoms with Crippen LogP contribution in [0.25, 0.3) is 0 Å². The van der Waals surface area contributed by atoms with E-state index < -0.39 is 0 Å². The van der Waals surface area contributed by atoms with Crippen molar-refractivity contribution in [3.63, 3.8) is 0 Å². The lowest BCUT2D eigenvalue weighted by molar-refractivity contribution is -0.191. The molecule has 1 fully saturated rings. The molecule has 28 heavy (non-hydrogen) atoms. The fourth-order valence-corrected chi connectivity index (χ4v) is 3.65. The smallest absolute Gasteiger partial charge is 0.368 e. The Bertz CT molecular complexity index is 737. The van der Waals surface area contributed by atoms with Crippen molar-refractivity contribution in [1.29, 1.82) is 0 Å². The van der Waals surface area contributed by atoms with Gasteiger partial charge in [0, 0.05) is 30.7 Å². The minimum absolute atomic E-state index is 0.250. The number of hydrogen-bond acceptors (Lipinski definition) is 7. The summed E-state index contributed by atoms with van der Waals surface area (Å²) in [5.41, 5.74) is 6.98. The first-order chi connectivity index (χ1) is 13.6. The van der Waals surface area contributed by atoms with E-state index >= 15 is 0 Å². The molecule has 0 unspecified atom stereocenters. The normalized spacial score (nSPS) is 14.5. The fraction of sp³-hybridized carbons (Fsp3) is 0.526. The van der Waals surface area contributed by atoms with E-state index in [9.17, 15) is 0 Å². The maximum absolute atomic E-state index is 8.12. The standard InChI is InChI=1S/C18H27ClN6.CO2/c1-2-10-24(11-7-14-3-5-15(19)6-4-14)16-8-12-25(13-9-16)18-21-17(20)22-23-18;2-1-3/h3-6,16H,2,7-13H2,1H3,(H3,20,21,22,23);. The fourth-order valence-electron chi connectivity index (χ4n) is 3.53. The summed E-state index contributed by atoms with van der Waals surface area (Å²) >= 11 is 5.98. The molecule has 0 bridgehead atoms. The summed E-state index contributed by atoms with van der Waals surface area (Å²) in [6, 6.07) is 8.83. The van der Waals surface area contributed by atoms with E-state index in [0.717, 1.165) is 56.4 Å². The van der Waals surface area contributed by atoms with Crippen molar-refractivity contribution in [3.05, 3.63) is 34.9 Å². The third-order valence-electron chi connectivity index (χ3n) is 4.87. The van der Waals surface area contributed by atoms with Gasteiger partial charge in [0.05, 0.1) is 0 Å². The minimum Gasteiger partial charge on any atom is -0.368 e. The van der Waals surface area contributed by atoms with Crippen molar-refractivity contribution in [2.75, 3.05) is 36.8 Å². The van der Waals surface area contributed by atoms with Gasteiger partial charge in [-0.1, -0.05) is 30.7 Å². The van der Waals surface area contributed by atoms with Crippen LogP contribution < -0.4 is 10.6 Å². The van der Waals surface area contributed by atoms with Crippen molar-refractivity contribution in [2.24, 2.45) is 0 Å². The maximum Gasteiger partial charge on any atom is 0.373 e. The Morgan fingerprint density at radius 3 is 2.43 bits per heavy atom. The van der Waals surface area contributed by atoms with Gasteiger partial charge >= 0.3 is 6.15 Å². The van der Waals surface area contributed by atoms with Gasteiger partial charge in [0.25, 0.3) is 0 Å². The van der Waals surface area contributed by atoms with Crippen LogP contribution in [0.15, 0.2) is 24.3 Å². The zero-order valence-electron chi connectivity index (χ0n) is 16.1. The molecule has 1 aromatic heterocycles. The number of benzene rings is 1. The third kappa shape index (κ3) is 6.64. The molecule has 0 saturated carbocycles. The highest BCUT2D eigenvalue weighted by molar-refractivity contribution is 6.30. The molecule has 2 heterocycles. The quantitative estimate of drug-likeness (QED) is 0.726. The van der Waals surface area contributed by atoms with Crippen LogP contribution in [-0.4, -0.2) is 58.5 Å². The number of nitrogens with two attached hydrogens (primary N) is 1. The number of H-pyrrole nitrogens is 1. The molecule has 9 heteroatoms. The number of hydrogen-bond donors (Lipinski definition) is 2. The van der Waals surface area contributed by atoms with Crippen LogP contribution >= 0.6 is 11.6 Å². The van der Waals surface area contributed by atoms with Crippen LogP contribution in [0, 0.1) is 0 Å². The molecule has 152 valence electrons. The second-order valence-corrected chi connectivity index (χ2v) is 7.17. The van der Waals surface area contributed by atoms with Gasteiger partial charge in [-0.3, -0.25) is 4.90 Å². The monoisotopic (exact) mass is 406 g/mol. The molecule has 2 aromatic rings. The lowest BCUT2D eigenvalue weighted by Gasteiger charge is -2.38. The molecule has 1 aliphatic rings. The molecular formula is C19H27ClN6O2. The summed E-state index contributed by atoms with van der Waals surface area (Å²) in [4.78, 5) is 25.3.